The summed E-state index contributed by atoms with van der Waals surface area (Å²) in [5, 5.41) is 9.00. The SMILES string of the molecule is O=C(O)N1CCCC1CN1CCOCC1. The van der Waals surface area contributed by atoms with E-state index in [2.05, 4.69) is 4.90 Å². The highest BCUT2D eigenvalue weighted by atomic mass is 16.5. The molecule has 2 rings (SSSR count). The van der Waals surface area contributed by atoms with Gasteiger partial charge in [0.05, 0.1) is 13.2 Å². The van der Waals surface area contributed by atoms with Gasteiger partial charge in [-0.05, 0) is 12.8 Å². The first kappa shape index (κ1) is 10.7. The lowest BCUT2D eigenvalue weighted by atomic mass is 10.2. The Balaban J connectivity index is 1.84. The number of rotatable bonds is 2. The van der Waals surface area contributed by atoms with E-state index in [4.69, 9.17) is 9.84 Å². The number of hydrogen-bond donors (Lipinski definition) is 1. The molecule has 0 aromatic rings. The Morgan fingerprint density at radius 3 is 2.73 bits per heavy atom. The standard InChI is InChI=1S/C10H18N2O3/c13-10(14)12-3-1-2-9(12)8-11-4-6-15-7-5-11/h9H,1-8H2,(H,13,14). The summed E-state index contributed by atoms with van der Waals surface area (Å²) in [4.78, 5) is 14.8. The molecule has 0 saturated carbocycles. The third-order valence-electron chi connectivity index (χ3n) is 3.20. The Kier molecular flexibility index (Phi) is 3.43. The van der Waals surface area contributed by atoms with Crippen molar-refractivity contribution in [3.63, 3.8) is 0 Å². The lowest BCUT2D eigenvalue weighted by Gasteiger charge is -2.31. The van der Waals surface area contributed by atoms with Crippen molar-refractivity contribution in [2.75, 3.05) is 39.4 Å². The van der Waals surface area contributed by atoms with Gasteiger partial charge in [0.1, 0.15) is 0 Å². The molecular formula is C10H18N2O3. The first-order valence-corrected chi connectivity index (χ1v) is 5.57. The van der Waals surface area contributed by atoms with E-state index in [9.17, 15) is 4.79 Å². The van der Waals surface area contributed by atoms with Gasteiger partial charge in [-0.15, -0.1) is 0 Å². The molecule has 0 spiro atoms. The minimum Gasteiger partial charge on any atom is -0.465 e. The average Bonchev–Trinajstić information content (AvgIpc) is 2.67. The van der Waals surface area contributed by atoms with Gasteiger partial charge in [0.25, 0.3) is 0 Å². The van der Waals surface area contributed by atoms with Gasteiger partial charge in [-0.2, -0.15) is 0 Å². The highest BCUT2D eigenvalue weighted by Gasteiger charge is 2.30. The topological polar surface area (TPSA) is 53.0 Å². The Morgan fingerprint density at radius 1 is 1.33 bits per heavy atom. The molecule has 0 aromatic heterocycles. The number of carboxylic acid groups (broad SMARTS) is 1. The van der Waals surface area contributed by atoms with E-state index in [1.165, 1.54) is 0 Å². The molecule has 0 aliphatic carbocycles. The molecular weight excluding hydrogens is 196 g/mol. The van der Waals surface area contributed by atoms with Gasteiger partial charge in [0, 0.05) is 32.2 Å². The van der Waals surface area contributed by atoms with Crippen molar-refractivity contribution in [1.29, 1.82) is 0 Å². The highest BCUT2D eigenvalue weighted by molar-refractivity contribution is 5.65. The van der Waals surface area contributed by atoms with Crippen LogP contribution in [0.3, 0.4) is 0 Å². The van der Waals surface area contributed by atoms with E-state index >= 15 is 0 Å². The van der Waals surface area contributed by atoms with E-state index in [0.29, 0.717) is 6.54 Å². The number of morpholine rings is 1. The summed E-state index contributed by atoms with van der Waals surface area (Å²) in [6, 6.07) is 0.195. The molecule has 2 saturated heterocycles. The number of ether oxygens (including phenoxy) is 1. The highest BCUT2D eigenvalue weighted by Crippen LogP contribution is 2.18. The van der Waals surface area contributed by atoms with Crippen LogP contribution in [0.2, 0.25) is 0 Å². The zero-order valence-corrected chi connectivity index (χ0v) is 8.89. The van der Waals surface area contributed by atoms with Crippen LogP contribution in [0.25, 0.3) is 0 Å². The minimum absolute atomic E-state index is 0.195. The molecule has 15 heavy (non-hydrogen) atoms. The fourth-order valence-electron chi connectivity index (χ4n) is 2.36. The van der Waals surface area contributed by atoms with Gasteiger partial charge in [0.15, 0.2) is 0 Å². The van der Waals surface area contributed by atoms with Crippen LogP contribution in [0.1, 0.15) is 12.8 Å². The van der Waals surface area contributed by atoms with Gasteiger partial charge in [-0.3, -0.25) is 4.90 Å². The lowest BCUT2D eigenvalue weighted by molar-refractivity contribution is 0.0274. The lowest BCUT2D eigenvalue weighted by Crippen LogP contribution is -2.46. The molecule has 5 heteroatoms. The van der Waals surface area contributed by atoms with Crippen LogP contribution < -0.4 is 0 Å². The minimum atomic E-state index is -0.772. The van der Waals surface area contributed by atoms with Crippen LogP contribution in [0.15, 0.2) is 0 Å². The molecule has 1 atom stereocenters. The molecule has 2 aliphatic rings. The maximum Gasteiger partial charge on any atom is 0.407 e. The third-order valence-corrected chi connectivity index (χ3v) is 3.20. The van der Waals surface area contributed by atoms with Crippen molar-refractivity contribution in [3.8, 4) is 0 Å². The van der Waals surface area contributed by atoms with Gasteiger partial charge < -0.3 is 14.7 Å². The van der Waals surface area contributed by atoms with Gasteiger partial charge in [-0.1, -0.05) is 0 Å². The second kappa shape index (κ2) is 4.81. The molecule has 86 valence electrons. The zero-order valence-electron chi connectivity index (χ0n) is 8.89. The molecule has 2 heterocycles. The van der Waals surface area contributed by atoms with Gasteiger partial charge in [0.2, 0.25) is 0 Å². The van der Waals surface area contributed by atoms with Crippen molar-refractivity contribution < 1.29 is 14.6 Å². The zero-order chi connectivity index (χ0) is 10.7. The predicted octanol–water partition coefficient (Wildman–Crippen LogP) is 0.461. The van der Waals surface area contributed by atoms with Crippen LogP contribution in [0.4, 0.5) is 4.79 Å². The first-order valence-electron chi connectivity index (χ1n) is 5.57. The van der Waals surface area contributed by atoms with Crippen LogP contribution in [0.5, 0.6) is 0 Å². The summed E-state index contributed by atoms with van der Waals surface area (Å²) in [6.45, 7) is 4.99. The number of nitrogens with zero attached hydrogens (tertiary/aromatic N) is 2. The van der Waals surface area contributed by atoms with Crippen LogP contribution in [0, 0.1) is 0 Å². The Morgan fingerprint density at radius 2 is 2.07 bits per heavy atom. The summed E-state index contributed by atoms with van der Waals surface area (Å²) in [5.41, 5.74) is 0. The van der Waals surface area contributed by atoms with E-state index in [0.717, 1.165) is 45.7 Å². The number of carbonyl (C=O) groups is 1. The second-order valence-electron chi connectivity index (χ2n) is 4.19. The average molecular weight is 214 g/mol. The number of hydrogen-bond acceptors (Lipinski definition) is 3. The summed E-state index contributed by atoms with van der Waals surface area (Å²) >= 11 is 0. The molecule has 1 unspecified atom stereocenters. The summed E-state index contributed by atoms with van der Waals surface area (Å²) in [5.74, 6) is 0. The van der Waals surface area contributed by atoms with Gasteiger partial charge >= 0.3 is 6.09 Å². The summed E-state index contributed by atoms with van der Waals surface area (Å²) in [6.07, 6.45) is 1.23. The van der Waals surface area contributed by atoms with Crippen molar-refractivity contribution in [3.05, 3.63) is 0 Å². The monoisotopic (exact) mass is 214 g/mol. The molecule has 1 amide bonds. The van der Waals surface area contributed by atoms with E-state index in [-0.39, 0.29) is 6.04 Å². The largest absolute Gasteiger partial charge is 0.465 e. The first-order chi connectivity index (χ1) is 7.27. The molecule has 0 bridgehead atoms. The Labute approximate surface area is 89.6 Å². The Bertz CT molecular complexity index is 229. The van der Waals surface area contributed by atoms with E-state index in [1.54, 1.807) is 4.90 Å². The quantitative estimate of drug-likeness (QED) is 0.725. The maximum absolute atomic E-state index is 10.9. The molecule has 2 fully saturated rings. The number of likely N-dealkylation sites (tertiary alicyclic amines) is 1. The molecule has 0 aromatic carbocycles. The van der Waals surface area contributed by atoms with Crippen molar-refractivity contribution in [2.24, 2.45) is 0 Å². The fourth-order valence-corrected chi connectivity index (χ4v) is 2.36. The summed E-state index contributed by atoms with van der Waals surface area (Å²) < 4.78 is 5.27. The van der Waals surface area contributed by atoms with Gasteiger partial charge in [-0.25, -0.2) is 4.79 Å². The van der Waals surface area contributed by atoms with Crippen molar-refractivity contribution in [2.45, 2.75) is 18.9 Å². The smallest absolute Gasteiger partial charge is 0.407 e. The second-order valence-corrected chi connectivity index (χ2v) is 4.19. The fraction of sp³-hybridized carbons (Fsp3) is 0.900. The third kappa shape index (κ3) is 2.60. The van der Waals surface area contributed by atoms with Crippen molar-refractivity contribution >= 4 is 6.09 Å². The summed E-state index contributed by atoms with van der Waals surface area (Å²) in [7, 11) is 0. The normalized spacial score (nSPS) is 28.3. The Hall–Kier alpha value is -0.810. The predicted molar refractivity (Wildman–Crippen MR) is 55.0 cm³/mol. The molecule has 2 aliphatic heterocycles. The molecule has 0 radical (unpaired) electrons. The molecule has 1 N–H and O–H groups in total. The molecule has 5 nitrogen and oxygen atoms in total. The number of amides is 1. The van der Waals surface area contributed by atoms with Crippen LogP contribution in [-0.4, -0.2) is 66.4 Å². The van der Waals surface area contributed by atoms with Crippen molar-refractivity contribution in [1.82, 2.24) is 9.80 Å². The van der Waals surface area contributed by atoms with E-state index in [1.807, 2.05) is 0 Å². The maximum atomic E-state index is 10.9. The van der Waals surface area contributed by atoms with Crippen LogP contribution in [-0.2, 0) is 4.74 Å². The van der Waals surface area contributed by atoms with Crippen LogP contribution >= 0.6 is 0 Å². The van der Waals surface area contributed by atoms with E-state index < -0.39 is 6.09 Å².